The number of carbonyl (C=O) groups excluding carboxylic acids is 1. The summed E-state index contributed by atoms with van der Waals surface area (Å²) in [7, 11) is 1.66. The standard InChI is InChI=1S/C14H20N2O2S/c1-18-12-2-4-13(5-3-12)19-11-6-14(17)16-9-7-15-8-10-16/h2-5,15H,6-11H2,1H3. The Morgan fingerprint density at radius 1 is 1.32 bits per heavy atom. The second-order valence-electron chi connectivity index (χ2n) is 4.40. The van der Waals surface area contributed by atoms with Gasteiger partial charge in [0.25, 0.3) is 0 Å². The lowest BCUT2D eigenvalue weighted by Gasteiger charge is -2.27. The molecule has 1 saturated heterocycles. The maximum absolute atomic E-state index is 12.0. The summed E-state index contributed by atoms with van der Waals surface area (Å²) in [5.74, 6) is 1.96. The van der Waals surface area contributed by atoms with Crippen molar-refractivity contribution in [1.29, 1.82) is 0 Å². The number of rotatable bonds is 5. The predicted molar refractivity (Wildman–Crippen MR) is 77.8 cm³/mol. The van der Waals surface area contributed by atoms with Gasteiger partial charge in [0, 0.05) is 43.2 Å². The molecule has 0 atom stereocenters. The van der Waals surface area contributed by atoms with Gasteiger partial charge in [0.2, 0.25) is 5.91 Å². The van der Waals surface area contributed by atoms with Crippen LogP contribution in [0.5, 0.6) is 5.75 Å². The molecule has 4 nitrogen and oxygen atoms in total. The molecule has 0 aliphatic carbocycles. The largest absolute Gasteiger partial charge is 0.497 e. The molecule has 0 saturated carbocycles. The summed E-state index contributed by atoms with van der Waals surface area (Å²) < 4.78 is 5.12. The number of benzene rings is 1. The number of carbonyl (C=O) groups is 1. The maximum Gasteiger partial charge on any atom is 0.223 e. The van der Waals surface area contributed by atoms with Crippen molar-refractivity contribution in [2.75, 3.05) is 39.0 Å². The number of methoxy groups -OCH3 is 1. The first-order chi connectivity index (χ1) is 9.29. The first-order valence-electron chi connectivity index (χ1n) is 6.55. The Morgan fingerprint density at radius 3 is 2.63 bits per heavy atom. The molecule has 0 unspecified atom stereocenters. The van der Waals surface area contributed by atoms with Gasteiger partial charge < -0.3 is 15.0 Å². The molecular formula is C14H20N2O2S. The topological polar surface area (TPSA) is 41.6 Å². The van der Waals surface area contributed by atoms with Crippen molar-refractivity contribution in [2.24, 2.45) is 0 Å². The summed E-state index contributed by atoms with van der Waals surface area (Å²) in [5.41, 5.74) is 0. The average Bonchev–Trinajstić information content (AvgIpc) is 2.49. The summed E-state index contributed by atoms with van der Waals surface area (Å²) in [6.07, 6.45) is 0.608. The number of ether oxygens (including phenoxy) is 1. The molecule has 1 heterocycles. The number of hydrogen-bond donors (Lipinski definition) is 1. The Labute approximate surface area is 118 Å². The van der Waals surface area contributed by atoms with E-state index in [1.54, 1.807) is 18.9 Å². The van der Waals surface area contributed by atoms with Crippen LogP contribution in [-0.2, 0) is 4.79 Å². The molecule has 5 heteroatoms. The van der Waals surface area contributed by atoms with Crippen LogP contribution in [0.3, 0.4) is 0 Å². The predicted octanol–water partition coefficient (Wildman–Crippen LogP) is 1.61. The second-order valence-corrected chi connectivity index (χ2v) is 5.57. The summed E-state index contributed by atoms with van der Waals surface area (Å²) in [5, 5.41) is 3.25. The van der Waals surface area contributed by atoms with Crippen molar-refractivity contribution < 1.29 is 9.53 Å². The molecule has 1 aromatic rings. The van der Waals surface area contributed by atoms with E-state index in [2.05, 4.69) is 5.32 Å². The lowest BCUT2D eigenvalue weighted by Crippen LogP contribution is -2.46. The van der Waals surface area contributed by atoms with Crippen LogP contribution in [0.25, 0.3) is 0 Å². The molecule has 1 N–H and O–H groups in total. The number of piperazine rings is 1. The first-order valence-corrected chi connectivity index (χ1v) is 7.53. The minimum atomic E-state index is 0.266. The van der Waals surface area contributed by atoms with Crippen LogP contribution in [0.2, 0.25) is 0 Å². The van der Waals surface area contributed by atoms with Gasteiger partial charge in [-0.3, -0.25) is 4.79 Å². The van der Waals surface area contributed by atoms with E-state index >= 15 is 0 Å². The van der Waals surface area contributed by atoms with Gasteiger partial charge in [-0.25, -0.2) is 0 Å². The van der Waals surface area contributed by atoms with Crippen molar-refractivity contribution in [3.8, 4) is 5.75 Å². The van der Waals surface area contributed by atoms with E-state index in [1.165, 1.54) is 4.90 Å². The number of thioether (sulfide) groups is 1. The van der Waals surface area contributed by atoms with Gasteiger partial charge >= 0.3 is 0 Å². The van der Waals surface area contributed by atoms with Crippen LogP contribution in [0.4, 0.5) is 0 Å². The molecule has 0 aromatic heterocycles. The molecule has 104 valence electrons. The third kappa shape index (κ3) is 4.44. The van der Waals surface area contributed by atoms with Gasteiger partial charge in [0.1, 0.15) is 5.75 Å². The Balaban J connectivity index is 1.71. The Bertz CT molecular complexity index is 402. The third-order valence-corrected chi connectivity index (χ3v) is 4.13. The number of hydrogen-bond acceptors (Lipinski definition) is 4. The Morgan fingerprint density at radius 2 is 2.00 bits per heavy atom. The van der Waals surface area contributed by atoms with Crippen LogP contribution >= 0.6 is 11.8 Å². The van der Waals surface area contributed by atoms with Crippen molar-refractivity contribution in [3.05, 3.63) is 24.3 Å². The molecule has 2 rings (SSSR count). The molecule has 0 radical (unpaired) electrons. The van der Waals surface area contributed by atoms with Crippen molar-refractivity contribution in [3.63, 3.8) is 0 Å². The fourth-order valence-corrected chi connectivity index (χ4v) is 2.84. The molecule has 1 amide bonds. The second kappa shape index (κ2) is 7.40. The van der Waals surface area contributed by atoms with Crippen molar-refractivity contribution in [1.82, 2.24) is 10.2 Å². The number of nitrogens with zero attached hydrogens (tertiary/aromatic N) is 1. The summed E-state index contributed by atoms with van der Waals surface area (Å²) >= 11 is 1.71. The molecule has 1 aliphatic heterocycles. The van der Waals surface area contributed by atoms with Gasteiger partial charge in [-0.2, -0.15) is 0 Å². The van der Waals surface area contributed by atoms with Gasteiger partial charge in [-0.15, -0.1) is 11.8 Å². The number of nitrogens with one attached hydrogen (secondary N) is 1. The van der Waals surface area contributed by atoms with E-state index in [4.69, 9.17) is 4.74 Å². The highest BCUT2D eigenvalue weighted by atomic mass is 32.2. The molecule has 0 bridgehead atoms. The molecule has 19 heavy (non-hydrogen) atoms. The highest BCUT2D eigenvalue weighted by Gasteiger charge is 2.15. The van der Waals surface area contributed by atoms with E-state index in [0.29, 0.717) is 6.42 Å². The van der Waals surface area contributed by atoms with E-state index in [-0.39, 0.29) is 5.91 Å². The highest BCUT2D eigenvalue weighted by Crippen LogP contribution is 2.22. The Hall–Kier alpha value is -1.20. The maximum atomic E-state index is 12.0. The van der Waals surface area contributed by atoms with Gasteiger partial charge in [0.05, 0.1) is 7.11 Å². The Kier molecular flexibility index (Phi) is 5.54. The van der Waals surface area contributed by atoms with Gasteiger partial charge in [0.15, 0.2) is 0 Å². The molecule has 1 fully saturated rings. The average molecular weight is 280 g/mol. The van der Waals surface area contributed by atoms with Crippen LogP contribution in [-0.4, -0.2) is 49.8 Å². The van der Waals surface area contributed by atoms with E-state index in [0.717, 1.165) is 37.7 Å². The lowest BCUT2D eigenvalue weighted by molar-refractivity contribution is -0.131. The fourth-order valence-electron chi connectivity index (χ4n) is 2.00. The van der Waals surface area contributed by atoms with Crippen LogP contribution in [0, 0.1) is 0 Å². The monoisotopic (exact) mass is 280 g/mol. The lowest BCUT2D eigenvalue weighted by atomic mass is 10.3. The molecule has 0 spiro atoms. The zero-order chi connectivity index (χ0) is 13.5. The molecular weight excluding hydrogens is 260 g/mol. The summed E-state index contributed by atoms with van der Waals surface area (Å²) in [6.45, 7) is 3.51. The zero-order valence-corrected chi connectivity index (χ0v) is 12.0. The number of amides is 1. The fraction of sp³-hybridized carbons (Fsp3) is 0.500. The third-order valence-electron chi connectivity index (χ3n) is 3.11. The van der Waals surface area contributed by atoms with Gasteiger partial charge in [-0.05, 0) is 24.3 Å². The summed E-state index contributed by atoms with van der Waals surface area (Å²) in [4.78, 5) is 15.1. The van der Waals surface area contributed by atoms with Gasteiger partial charge in [-0.1, -0.05) is 0 Å². The van der Waals surface area contributed by atoms with Crippen LogP contribution < -0.4 is 10.1 Å². The smallest absolute Gasteiger partial charge is 0.223 e. The highest BCUT2D eigenvalue weighted by molar-refractivity contribution is 7.99. The van der Waals surface area contributed by atoms with E-state index < -0.39 is 0 Å². The first kappa shape index (κ1) is 14.2. The van der Waals surface area contributed by atoms with Crippen LogP contribution in [0.15, 0.2) is 29.2 Å². The molecule has 1 aromatic carbocycles. The zero-order valence-electron chi connectivity index (χ0n) is 11.2. The van der Waals surface area contributed by atoms with E-state index in [9.17, 15) is 4.79 Å². The normalized spacial score (nSPS) is 15.3. The van der Waals surface area contributed by atoms with Crippen molar-refractivity contribution >= 4 is 17.7 Å². The minimum Gasteiger partial charge on any atom is -0.497 e. The van der Waals surface area contributed by atoms with Crippen molar-refractivity contribution in [2.45, 2.75) is 11.3 Å². The summed E-state index contributed by atoms with van der Waals surface area (Å²) in [6, 6.07) is 7.94. The SMILES string of the molecule is COc1ccc(SCCC(=O)N2CCNCC2)cc1. The quantitative estimate of drug-likeness (QED) is 0.832. The molecule has 1 aliphatic rings. The minimum absolute atomic E-state index is 0.266. The van der Waals surface area contributed by atoms with Crippen LogP contribution in [0.1, 0.15) is 6.42 Å². The van der Waals surface area contributed by atoms with E-state index in [1.807, 2.05) is 29.2 Å².